The Labute approximate surface area is 124 Å². The molecule has 106 valence electrons. The maximum Gasteiger partial charge on any atom is 0.0636 e. The molecule has 1 heterocycles. The lowest BCUT2D eigenvalue weighted by Gasteiger charge is -2.30. The minimum atomic E-state index is 0.000869. The van der Waals surface area contributed by atoms with Crippen molar-refractivity contribution >= 4 is 21.6 Å². The van der Waals surface area contributed by atoms with E-state index in [9.17, 15) is 0 Å². The largest absolute Gasteiger partial charge is 0.377 e. The summed E-state index contributed by atoms with van der Waals surface area (Å²) in [5, 5.41) is 3.69. The summed E-state index contributed by atoms with van der Waals surface area (Å²) >= 11 is 3.61. The molecule has 3 N–H and O–H groups in total. The van der Waals surface area contributed by atoms with Crippen molar-refractivity contribution in [1.29, 1.82) is 0 Å². The topological polar surface area (TPSA) is 41.3 Å². The molecule has 3 nitrogen and oxygen atoms in total. The van der Waals surface area contributed by atoms with Gasteiger partial charge >= 0.3 is 0 Å². The number of anilines is 1. The van der Waals surface area contributed by atoms with Gasteiger partial charge in [-0.05, 0) is 57.5 Å². The third-order valence-electron chi connectivity index (χ3n) is 4.23. The highest BCUT2D eigenvalue weighted by atomic mass is 79.9. The van der Waals surface area contributed by atoms with Crippen LogP contribution in [0.25, 0.3) is 0 Å². The van der Waals surface area contributed by atoms with Gasteiger partial charge in [-0.1, -0.05) is 15.9 Å². The molecule has 0 aliphatic carbocycles. The average Bonchev–Trinajstić information content (AvgIpc) is 2.62. The Kier molecular flexibility index (Phi) is 4.23. The first-order chi connectivity index (χ1) is 8.87. The first kappa shape index (κ1) is 14.8. The van der Waals surface area contributed by atoms with Crippen LogP contribution in [0.1, 0.15) is 24.5 Å². The zero-order valence-corrected chi connectivity index (χ0v) is 13.8. The van der Waals surface area contributed by atoms with E-state index in [0.717, 1.165) is 13.0 Å². The Morgan fingerprint density at radius 3 is 2.42 bits per heavy atom. The molecular weight excluding hydrogens is 302 g/mol. The van der Waals surface area contributed by atoms with Crippen LogP contribution in [0.3, 0.4) is 0 Å². The summed E-state index contributed by atoms with van der Waals surface area (Å²) < 4.78 is 1.19. The molecule has 19 heavy (non-hydrogen) atoms. The number of hydrogen-bond acceptors (Lipinski definition) is 3. The highest BCUT2D eigenvalue weighted by Gasteiger charge is 2.39. The van der Waals surface area contributed by atoms with Crippen molar-refractivity contribution < 1.29 is 0 Å². The van der Waals surface area contributed by atoms with E-state index in [1.165, 1.54) is 21.3 Å². The van der Waals surface area contributed by atoms with Crippen molar-refractivity contribution in [3.05, 3.63) is 27.7 Å². The predicted octanol–water partition coefficient (Wildman–Crippen LogP) is 2.90. The molecule has 0 amide bonds. The smallest absolute Gasteiger partial charge is 0.0636 e. The summed E-state index contributed by atoms with van der Waals surface area (Å²) in [5.74, 6) is 0. The first-order valence-corrected chi connectivity index (χ1v) is 7.61. The predicted molar refractivity (Wildman–Crippen MR) is 85.7 cm³/mol. The zero-order valence-electron chi connectivity index (χ0n) is 12.3. The molecule has 1 aromatic carbocycles. The van der Waals surface area contributed by atoms with Crippen molar-refractivity contribution in [2.75, 3.05) is 25.5 Å². The molecule has 1 fully saturated rings. The van der Waals surface area contributed by atoms with Crippen molar-refractivity contribution in [2.45, 2.75) is 38.8 Å². The van der Waals surface area contributed by atoms with Crippen LogP contribution in [0.5, 0.6) is 0 Å². The van der Waals surface area contributed by atoms with Gasteiger partial charge in [0.1, 0.15) is 0 Å². The lowest BCUT2D eigenvalue weighted by molar-refractivity contribution is 0.323. The van der Waals surface area contributed by atoms with Crippen LogP contribution in [-0.2, 0) is 0 Å². The van der Waals surface area contributed by atoms with Gasteiger partial charge in [0, 0.05) is 29.3 Å². The SMILES string of the molecule is Cc1cc(NC2(CN)CC(C)N(C)C2)cc(C)c1Br. The van der Waals surface area contributed by atoms with E-state index in [1.54, 1.807) is 0 Å². The van der Waals surface area contributed by atoms with Gasteiger partial charge in [-0.3, -0.25) is 0 Å². The summed E-state index contributed by atoms with van der Waals surface area (Å²) in [6.45, 7) is 8.17. The number of hydrogen-bond donors (Lipinski definition) is 2. The highest BCUT2D eigenvalue weighted by Crippen LogP contribution is 2.31. The Hall–Kier alpha value is -0.580. The molecule has 1 aromatic rings. The monoisotopic (exact) mass is 325 g/mol. The fourth-order valence-electron chi connectivity index (χ4n) is 3.03. The van der Waals surface area contributed by atoms with Gasteiger partial charge in [0.2, 0.25) is 0 Å². The Bertz CT molecular complexity index is 439. The van der Waals surface area contributed by atoms with E-state index in [0.29, 0.717) is 12.6 Å². The molecule has 0 saturated carbocycles. The van der Waals surface area contributed by atoms with Gasteiger partial charge in [0.05, 0.1) is 5.54 Å². The Morgan fingerprint density at radius 2 is 2.00 bits per heavy atom. The number of nitrogens with zero attached hydrogens (tertiary/aromatic N) is 1. The number of likely N-dealkylation sites (N-methyl/N-ethyl adjacent to an activating group) is 1. The summed E-state index contributed by atoms with van der Waals surface area (Å²) in [4.78, 5) is 2.37. The molecule has 1 aliphatic heterocycles. The standard InChI is InChI=1S/C15H24BrN3/c1-10-5-13(6-11(2)14(10)16)18-15(8-17)7-12(3)19(4)9-15/h5-6,12,18H,7-9,17H2,1-4H3. The van der Waals surface area contributed by atoms with Crippen LogP contribution in [0.2, 0.25) is 0 Å². The van der Waals surface area contributed by atoms with Gasteiger partial charge in [-0.25, -0.2) is 0 Å². The van der Waals surface area contributed by atoms with Crippen LogP contribution >= 0.6 is 15.9 Å². The van der Waals surface area contributed by atoms with E-state index in [-0.39, 0.29) is 5.54 Å². The molecule has 0 bridgehead atoms. The minimum Gasteiger partial charge on any atom is -0.377 e. The van der Waals surface area contributed by atoms with Crippen LogP contribution in [0, 0.1) is 13.8 Å². The second-order valence-corrected chi connectivity index (χ2v) is 6.79. The summed E-state index contributed by atoms with van der Waals surface area (Å²) in [6.07, 6.45) is 1.09. The third-order valence-corrected chi connectivity index (χ3v) is 5.48. The lowest BCUT2D eigenvalue weighted by Crippen LogP contribution is -2.47. The molecule has 4 heteroatoms. The summed E-state index contributed by atoms with van der Waals surface area (Å²) in [7, 11) is 2.17. The summed E-state index contributed by atoms with van der Waals surface area (Å²) in [6, 6.07) is 4.96. The Balaban J connectivity index is 2.25. The second-order valence-electron chi connectivity index (χ2n) is 6.00. The summed E-state index contributed by atoms with van der Waals surface area (Å²) in [5.41, 5.74) is 9.74. The number of aryl methyl sites for hydroxylation is 2. The fraction of sp³-hybridized carbons (Fsp3) is 0.600. The number of rotatable bonds is 3. The first-order valence-electron chi connectivity index (χ1n) is 6.82. The second kappa shape index (κ2) is 5.43. The normalized spacial score (nSPS) is 27.8. The van der Waals surface area contributed by atoms with E-state index >= 15 is 0 Å². The van der Waals surface area contributed by atoms with E-state index in [2.05, 4.69) is 66.1 Å². The van der Waals surface area contributed by atoms with Crippen molar-refractivity contribution in [1.82, 2.24) is 4.90 Å². The minimum absolute atomic E-state index is 0.000869. The molecular formula is C15H24BrN3. The van der Waals surface area contributed by atoms with Crippen molar-refractivity contribution in [2.24, 2.45) is 5.73 Å². The van der Waals surface area contributed by atoms with Gasteiger partial charge in [0.25, 0.3) is 0 Å². The lowest BCUT2D eigenvalue weighted by atomic mass is 9.95. The van der Waals surface area contributed by atoms with Gasteiger partial charge in [-0.15, -0.1) is 0 Å². The van der Waals surface area contributed by atoms with Gasteiger partial charge in [0.15, 0.2) is 0 Å². The quantitative estimate of drug-likeness (QED) is 0.897. The van der Waals surface area contributed by atoms with E-state index in [1.807, 2.05) is 0 Å². The molecule has 1 saturated heterocycles. The van der Waals surface area contributed by atoms with E-state index in [4.69, 9.17) is 5.73 Å². The van der Waals surface area contributed by atoms with Crippen molar-refractivity contribution in [3.8, 4) is 0 Å². The van der Waals surface area contributed by atoms with E-state index < -0.39 is 0 Å². The number of halogens is 1. The number of nitrogens with two attached hydrogens (primary N) is 1. The zero-order chi connectivity index (χ0) is 14.2. The van der Waals surface area contributed by atoms with Crippen molar-refractivity contribution in [3.63, 3.8) is 0 Å². The van der Waals surface area contributed by atoms with Gasteiger partial charge in [-0.2, -0.15) is 0 Å². The Morgan fingerprint density at radius 1 is 1.42 bits per heavy atom. The van der Waals surface area contributed by atoms with Crippen LogP contribution in [0.4, 0.5) is 5.69 Å². The third kappa shape index (κ3) is 2.96. The van der Waals surface area contributed by atoms with Gasteiger partial charge < -0.3 is 16.0 Å². The molecule has 2 atom stereocenters. The molecule has 0 radical (unpaired) electrons. The molecule has 2 unspecified atom stereocenters. The number of nitrogens with one attached hydrogen (secondary N) is 1. The van der Waals surface area contributed by atoms with Crippen LogP contribution in [-0.4, -0.2) is 36.6 Å². The maximum absolute atomic E-state index is 6.05. The molecule has 1 aliphatic rings. The number of benzene rings is 1. The van der Waals surface area contributed by atoms with Crippen LogP contribution < -0.4 is 11.1 Å². The number of likely N-dealkylation sites (tertiary alicyclic amines) is 1. The highest BCUT2D eigenvalue weighted by molar-refractivity contribution is 9.10. The average molecular weight is 326 g/mol. The fourth-order valence-corrected chi connectivity index (χ4v) is 3.26. The molecule has 0 aromatic heterocycles. The molecule has 0 spiro atoms. The maximum atomic E-state index is 6.05. The molecule has 2 rings (SSSR count). The van der Waals surface area contributed by atoms with Crippen LogP contribution in [0.15, 0.2) is 16.6 Å².